The summed E-state index contributed by atoms with van der Waals surface area (Å²) in [4.78, 5) is 28.7. The SMILES string of the molecule is CN(CC1CCN(C(=O)Cc2ccc(F)c(B3OC(C)(C)C(C)(C)O3)c2)CC1)C(=O)OC(C)(C)C. The van der Waals surface area contributed by atoms with Crippen LogP contribution in [0.5, 0.6) is 0 Å². The van der Waals surface area contributed by atoms with Crippen molar-refractivity contribution in [2.24, 2.45) is 5.92 Å². The van der Waals surface area contributed by atoms with Crippen LogP contribution in [0.15, 0.2) is 18.2 Å². The first kappa shape index (κ1) is 27.5. The van der Waals surface area contributed by atoms with E-state index in [1.807, 2.05) is 53.4 Å². The van der Waals surface area contributed by atoms with E-state index in [4.69, 9.17) is 14.0 Å². The molecule has 194 valence electrons. The van der Waals surface area contributed by atoms with Gasteiger partial charge < -0.3 is 23.8 Å². The van der Waals surface area contributed by atoms with Crippen LogP contribution in [-0.2, 0) is 25.3 Å². The molecule has 0 N–H and O–H groups in total. The molecule has 0 aliphatic carbocycles. The van der Waals surface area contributed by atoms with Gasteiger partial charge in [0.05, 0.1) is 17.6 Å². The first-order valence-corrected chi connectivity index (χ1v) is 12.4. The summed E-state index contributed by atoms with van der Waals surface area (Å²) in [5, 5.41) is 0. The Labute approximate surface area is 209 Å². The van der Waals surface area contributed by atoms with E-state index >= 15 is 0 Å². The second-order valence-corrected chi connectivity index (χ2v) is 11.8. The van der Waals surface area contributed by atoms with E-state index in [1.54, 1.807) is 24.1 Å². The van der Waals surface area contributed by atoms with Crippen molar-refractivity contribution in [1.82, 2.24) is 9.80 Å². The minimum absolute atomic E-state index is 0.00965. The standard InChI is InChI=1S/C26H40BFN2O5/c1-24(2,3)33-23(32)29(8)17-18-11-13-30(14-12-18)22(31)16-19-9-10-21(28)20(15-19)27-34-25(4,5)26(6,7)35-27/h9-10,15,18H,11-14,16-17H2,1-8H3. The highest BCUT2D eigenvalue weighted by Crippen LogP contribution is 2.36. The van der Waals surface area contributed by atoms with Gasteiger partial charge in [0, 0.05) is 32.1 Å². The molecule has 7 nitrogen and oxygen atoms in total. The number of amides is 2. The molecule has 35 heavy (non-hydrogen) atoms. The van der Waals surface area contributed by atoms with Crippen molar-refractivity contribution in [1.29, 1.82) is 0 Å². The van der Waals surface area contributed by atoms with Crippen LogP contribution in [0.4, 0.5) is 9.18 Å². The van der Waals surface area contributed by atoms with E-state index in [0.29, 0.717) is 31.0 Å². The lowest BCUT2D eigenvalue weighted by Gasteiger charge is -2.34. The zero-order chi connectivity index (χ0) is 26.2. The van der Waals surface area contributed by atoms with Crippen molar-refractivity contribution < 1.29 is 28.0 Å². The van der Waals surface area contributed by atoms with Gasteiger partial charge in [0.2, 0.25) is 5.91 Å². The Balaban J connectivity index is 1.54. The van der Waals surface area contributed by atoms with Crippen molar-refractivity contribution >= 4 is 24.6 Å². The van der Waals surface area contributed by atoms with Gasteiger partial charge in [-0.15, -0.1) is 0 Å². The minimum atomic E-state index is -0.812. The van der Waals surface area contributed by atoms with E-state index in [9.17, 15) is 14.0 Å². The molecule has 0 bridgehead atoms. The summed E-state index contributed by atoms with van der Waals surface area (Å²) in [6.07, 6.45) is 1.50. The molecule has 2 aliphatic heterocycles. The van der Waals surface area contributed by atoms with Crippen LogP contribution in [0.2, 0.25) is 0 Å². The van der Waals surface area contributed by atoms with Gasteiger partial charge in [-0.25, -0.2) is 9.18 Å². The number of hydrogen-bond acceptors (Lipinski definition) is 5. The molecule has 0 saturated carbocycles. The van der Waals surface area contributed by atoms with E-state index in [1.165, 1.54) is 6.07 Å². The summed E-state index contributed by atoms with van der Waals surface area (Å²) in [5.41, 5.74) is -0.620. The molecule has 0 unspecified atom stereocenters. The smallest absolute Gasteiger partial charge is 0.444 e. The van der Waals surface area contributed by atoms with Gasteiger partial charge in [0.15, 0.2) is 0 Å². The Morgan fingerprint density at radius 1 is 1.14 bits per heavy atom. The van der Waals surface area contributed by atoms with Crippen molar-refractivity contribution in [2.75, 3.05) is 26.7 Å². The first-order chi connectivity index (χ1) is 16.1. The molecule has 0 radical (unpaired) electrons. The lowest BCUT2D eigenvalue weighted by atomic mass is 9.77. The average molecular weight is 490 g/mol. The maximum absolute atomic E-state index is 14.6. The van der Waals surface area contributed by atoms with Gasteiger partial charge in [-0.2, -0.15) is 0 Å². The third-order valence-electron chi connectivity index (χ3n) is 7.13. The second kappa shape index (κ2) is 10.1. The molecule has 2 saturated heterocycles. The Morgan fingerprint density at radius 2 is 1.71 bits per heavy atom. The molecular formula is C26H40BFN2O5. The van der Waals surface area contributed by atoms with Crippen LogP contribution < -0.4 is 5.46 Å². The van der Waals surface area contributed by atoms with Crippen molar-refractivity contribution in [3.8, 4) is 0 Å². The monoisotopic (exact) mass is 490 g/mol. The molecule has 1 aromatic carbocycles. The number of hydrogen-bond donors (Lipinski definition) is 0. The minimum Gasteiger partial charge on any atom is -0.444 e. The Kier molecular flexibility index (Phi) is 7.92. The van der Waals surface area contributed by atoms with Gasteiger partial charge in [0.25, 0.3) is 0 Å². The molecule has 9 heteroatoms. The number of piperidine rings is 1. The highest BCUT2D eigenvalue weighted by Gasteiger charge is 2.52. The molecule has 2 amide bonds. The number of halogens is 1. The number of likely N-dealkylation sites (tertiary alicyclic amines) is 1. The first-order valence-electron chi connectivity index (χ1n) is 12.4. The molecule has 2 heterocycles. The number of ether oxygens (including phenoxy) is 1. The quantitative estimate of drug-likeness (QED) is 0.588. The lowest BCUT2D eigenvalue weighted by Crippen LogP contribution is -2.43. The summed E-state index contributed by atoms with van der Waals surface area (Å²) in [7, 11) is 0.935. The van der Waals surface area contributed by atoms with Gasteiger partial charge in [-0.05, 0) is 78.9 Å². The summed E-state index contributed by atoms with van der Waals surface area (Å²) >= 11 is 0. The molecule has 0 atom stereocenters. The van der Waals surface area contributed by atoms with E-state index in [0.717, 1.165) is 18.4 Å². The van der Waals surface area contributed by atoms with Crippen molar-refractivity contribution in [3.63, 3.8) is 0 Å². The molecule has 0 aromatic heterocycles. The molecule has 1 aromatic rings. The van der Waals surface area contributed by atoms with Gasteiger partial charge in [0.1, 0.15) is 11.4 Å². The molecular weight excluding hydrogens is 450 g/mol. The van der Waals surface area contributed by atoms with Crippen LogP contribution in [0, 0.1) is 11.7 Å². The van der Waals surface area contributed by atoms with Gasteiger partial charge in [-0.1, -0.05) is 12.1 Å². The lowest BCUT2D eigenvalue weighted by molar-refractivity contribution is -0.131. The van der Waals surface area contributed by atoms with Crippen LogP contribution in [0.3, 0.4) is 0 Å². The van der Waals surface area contributed by atoms with E-state index in [2.05, 4.69) is 0 Å². The molecule has 3 rings (SSSR count). The number of carbonyl (C=O) groups is 2. The zero-order valence-electron chi connectivity index (χ0n) is 22.4. The van der Waals surface area contributed by atoms with Crippen molar-refractivity contribution in [2.45, 2.75) is 84.5 Å². The number of rotatable bonds is 5. The van der Waals surface area contributed by atoms with E-state index in [-0.39, 0.29) is 18.4 Å². The summed E-state index contributed by atoms with van der Waals surface area (Å²) in [5.74, 6) is -0.0811. The fourth-order valence-electron chi connectivity index (χ4n) is 4.31. The normalized spacial score (nSPS) is 20.1. The van der Waals surface area contributed by atoms with Crippen LogP contribution in [0.1, 0.15) is 66.9 Å². The van der Waals surface area contributed by atoms with Gasteiger partial charge >= 0.3 is 13.2 Å². The number of carbonyl (C=O) groups excluding carboxylic acids is 2. The largest absolute Gasteiger partial charge is 0.497 e. The predicted molar refractivity (Wildman–Crippen MR) is 134 cm³/mol. The number of nitrogens with zero attached hydrogens (tertiary/aromatic N) is 2. The fraction of sp³-hybridized carbons (Fsp3) is 0.692. The Hall–Kier alpha value is -2.13. The third-order valence-corrected chi connectivity index (χ3v) is 7.13. The third kappa shape index (κ3) is 6.76. The maximum Gasteiger partial charge on any atom is 0.497 e. The predicted octanol–water partition coefficient (Wildman–Crippen LogP) is 3.77. The summed E-state index contributed by atoms with van der Waals surface area (Å²) in [6, 6.07) is 4.70. The van der Waals surface area contributed by atoms with Crippen LogP contribution >= 0.6 is 0 Å². The Morgan fingerprint density at radius 3 is 2.26 bits per heavy atom. The number of benzene rings is 1. The second-order valence-electron chi connectivity index (χ2n) is 11.8. The fourth-order valence-corrected chi connectivity index (χ4v) is 4.31. The average Bonchev–Trinajstić information content (AvgIpc) is 2.95. The maximum atomic E-state index is 14.6. The zero-order valence-corrected chi connectivity index (χ0v) is 22.4. The highest BCUT2D eigenvalue weighted by molar-refractivity contribution is 6.62. The molecule has 2 fully saturated rings. The van der Waals surface area contributed by atoms with Gasteiger partial charge in [-0.3, -0.25) is 4.79 Å². The highest BCUT2D eigenvalue weighted by atomic mass is 19.1. The van der Waals surface area contributed by atoms with Crippen molar-refractivity contribution in [3.05, 3.63) is 29.6 Å². The Bertz CT molecular complexity index is 922. The van der Waals surface area contributed by atoms with Crippen LogP contribution in [0.25, 0.3) is 0 Å². The topological polar surface area (TPSA) is 68.3 Å². The summed E-state index contributed by atoms with van der Waals surface area (Å²) in [6.45, 7) is 15.1. The van der Waals surface area contributed by atoms with Crippen LogP contribution in [-0.4, -0.2) is 72.4 Å². The van der Waals surface area contributed by atoms with E-state index < -0.39 is 29.7 Å². The molecule has 2 aliphatic rings. The summed E-state index contributed by atoms with van der Waals surface area (Å²) < 4.78 is 32.0. The molecule has 0 spiro atoms.